The molecule has 1 heterocycles. The van der Waals surface area contributed by atoms with Gasteiger partial charge < -0.3 is 15.7 Å². The summed E-state index contributed by atoms with van der Waals surface area (Å²) in [7, 11) is 0. The lowest BCUT2D eigenvalue weighted by Crippen LogP contribution is -2.53. The Hall–Kier alpha value is -1.40. The maximum Gasteiger partial charge on any atom is 0.304 e. The molecule has 1 amide bonds. The van der Waals surface area contributed by atoms with E-state index in [9.17, 15) is 9.59 Å². The number of carbonyl (C=O) groups excluding carboxylic acids is 1. The summed E-state index contributed by atoms with van der Waals surface area (Å²) in [6.07, 6.45) is 2.27. The Morgan fingerprint density at radius 3 is 2.44 bits per heavy atom. The monoisotopic (exact) mass is 255 g/mol. The summed E-state index contributed by atoms with van der Waals surface area (Å²) in [5, 5.41) is 8.60. The Morgan fingerprint density at radius 2 is 1.94 bits per heavy atom. The lowest BCUT2D eigenvalue weighted by atomic mass is 10.1. The van der Waals surface area contributed by atoms with Crippen LogP contribution in [0.25, 0.3) is 0 Å². The van der Waals surface area contributed by atoms with E-state index in [1.807, 2.05) is 0 Å². The van der Waals surface area contributed by atoms with Crippen molar-refractivity contribution in [3.8, 4) is 0 Å². The molecule has 0 aromatic carbocycles. The number of rotatable bonds is 6. The van der Waals surface area contributed by atoms with Gasteiger partial charge in [-0.3, -0.25) is 14.5 Å². The number of nitrogens with zero attached hydrogens (tertiary/aromatic N) is 2. The van der Waals surface area contributed by atoms with Gasteiger partial charge in [-0.05, 0) is 6.42 Å². The third kappa shape index (κ3) is 4.46. The second-order valence-electron chi connectivity index (χ2n) is 4.44. The van der Waals surface area contributed by atoms with Gasteiger partial charge in [0.15, 0.2) is 0 Å². The predicted molar refractivity (Wildman–Crippen MR) is 68.1 cm³/mol. The number of amides is 1. The topological polar surface area (TPSA) is 86.9 Å². The van der Waals surface area contributed by atoms with Crippen LogP contribution in [0.5, 0.6) is 0 Å². The van der Waals surface area contributed by atoms with Crippen molar-refractivity contribution in [2.24, 2.45) is 5.73 Å². The molecule has 6 nitrogen and oxygen atoms in total. The Bertz CT molecular complexity index is 312. The lowest BCUT2D eigenvalue weighted by molar-refractivity contribution is -0.138. The zero-order valence-corrected chi connectivity index (χ0v) is 10.5. The molecule has 3 N–H and O–H groups in total. The average molecular weight is 255 g/mol. The zero-order chi connectivity index (χ0) is 13.5. The summed E-state index contributed by atoms with van der Waals surface area (Å²) >= 11 is 0. The summed E-state index contributed by atoms with van der Waals surface area (Å²) in [5.74, 6) is -0.839. The van der Waals surface area contributed by atoms with E-state index in [1.54, 1.807) is 11.0 Å². The summed E-state index contributed by atoms with van der Waals surface area (Å²) in [6.45, 7) is 6.75. The lowest BCUT2D eigenvalue weighted by Gasteiger charge is -2.35. The van der Waals surface area contributed by atoms with Gasteiger partial charge in [0.2, 0.25) is 5.91 Å². The van der Waals surface area contributed by atoms with Gasteiger partial charge in [-0.2, -0.15) is 0 Å². The first-order valence-corrected chi connectivity index (χ1v) is 6.14. The molecule has 1 aliphatic rings. The fraction of sp³-hybridized carbons (Fsp3) is 0.667. The van der Waals surface area contributed by atoms with E-state index in [0.717, 1.165) is 0 Å². The Morgan fingerprint density at radius 1 is 1.33 bits per heavy atom. The highest BCUT2D eigenvalue weighted by atomic mass is 16.4. The van der Waals surface area contributed by atoms with Gasteiger partial charge in [-0.1, -0.05) is 6.08 Å². The van der Waals surface area contributed by atoms with Crippen LogP contribution in [-0.4, -0.2) is 65.5 Å². The van der Waals surface area contributed by atoms with E-state index in [-0.39, 0.29) is 12.3 Å². The van der Waals surface area contributed by atoms with Crippen LogP contribution in [0.2, 0.25) is 0 Å². The molecule has 102 valence electrons. The standard InChI is InChI=1S/C12H21N3O3/c1-2-3-10(13)12(18)15-8-6-14(7-9-15)5-4-11(16)17/h2,10H,1,3-9,13H2,(H,16,17). The first kappa shape index (κ1) is 14.7. The highest BCUT2D eigenvalue weighted by molar-refractivity contribution is 5.81. The van der Waals surface area contributed by atoms with Gasteiger partial charge in [-0.25, -0.2) is 0 Å². The van der Waals surface area contributed by atoms with E-state index >= 15 is 0 Å². The molecule has 1 fully saturated rings. The largest absolute Gasteiger partial charge is 0.481 e. The molecule has 1 atom stereocenters. The number of carboxylic acid groups (broad SMARTS) is 1. The summed E-state index contributed by atoms with van der Waals surface area (Å²) < 4.78 is 0. The number of hydrogen-bond acceptors (Lipinski definition) is 4. The van der Waals surface area contributed by atoms with Crippen LogP contribution >= 0.6 is 0 Å². The highest BCUT2D eigenvalue weighted by Crippen LogP contribution is 2.05. The molecule has 0 aromatic heterocycles. The zero-order valence-electron chi connectivity index (χ0n) is 10.5. The van der Waals surface area contributed by atoms with Gasteiger partial charge in [0.1, 0.15) is 0 Å². The van der Waals surface area contributed by atoms with Crippen molar-refractivity contribution in [3.05, 3.63) is 12.7 Å². The van der Waals surface area contributed by atoms with Crippen molar-refractivity contribution in [2.45, 2.75) is 18.9 Å². The number of nitrogens with two attached hydrogens (primary N) is 1. The molecule has 1 saturated heterocycles. The predicted octanol–water partition coefficient (Wildman–Crippen LogP) is -0.491. The molecule has 0 radical (unpaired) electrons. The number of carbonyl (C=O) groups is 2. The van der Waals surface area contributed by atoms with Crippen molar-refractivity contribution in [2.75, 3.05) is 32.7 Å². The minimum atomic E-state index is -0.790. The third-order valence-electron chi connectivity index (χ3n) is 3.06. The van der Waals surface area contributed by atoms with Gasteiger partial charge in [0.05, 0.1) is 12.5 Å². The van der Waals surface area contributed by atoms with Crippen LogP contribution in [0, 0.1) is 0 Å². The van der Waals surface area contributed by atoms with Crippen molar-refractivity contribution in [3.63, 3.8) is 0 Å². The molecule has 1 aliphatic heterocycles. The maximum absolute atomic E-state index is 11.9. The second kappa shape index (κ2) is 7.13. The van der Waals surface area contributed by atoms with Crippen LogP contribution in [0.15, 0.2) is 12.7 Å². The Balaban J connectivity index is 2.32. The van der Waals surface area contributed by atoms with Crippen LogP contribution in [-0.2, 0) is 9.59 Å². The molecular weight excluding hydrogens is 234 g/mol. The number of carboxylic acids is 1. The number of piperazine rings is 1. The molecule has 1 rings (SSSR count). The minimum Gasteiger partial charge on any atom is -0.481 e. The number of hydrogen-bond donors (Lipinski definition) is 2. The first-order chi connectivity index (χ1) is 8.54. The highest BCUT2D eigenvalue weighted by Gasteiger charge is 2.24. The van der Waals surface area contributed by atoms with E-state index < -0.39 is 12.0 Å². The van der Waals surface area contributed by atoms with Crippen LogP contribution in [0.1, 0.15) is 12.8 Å². The summed E-state index contributed by atoms with van der Waals surface area (Å²) in [6, 6.07) is -0.506. The SMILES string of the molecule is C=CCC(N)C(=O)N1CCN(CCC(=O)O)CC1. The van der Waals surface area contributed by atoms with E-state index in [2.05, 4.69) is 11.5 Å². The minimum absolute atomic E-state index is 0.0483. The molecule has 6 heteroatoms. The quantitative estimate of drug-likeness (QED) is 0.625. The Labute approximate surface area is 107 Å². The van der Waals surface area contributed by atoms with Crippen molar-refractivity contribution >= 4 is 11.9 Å². The van der Waals surface area contributed by atoms with Gasteiger partial charge in [0.25, 0.3) is 0 Å². The molecule has 0 aliphatic carbocycles. The van der Waals surface area contributed by atoms with Gasteiger partial charge in [0, 0.05) is 32.7 Å². The average Bonchev–Trinajstić information content (AvgIpc) is 2.36. The second-order valence-corrected chi connectivity index (χ2v) is 4.44. The van der Waals surface area contributed by atoms with Crippen LogP contribution < -0.4 is 5.73 Å². The third-order valence-corrected chi connectivity index (χ3v) is 3.06. The Kier molecular flexibility index (Phi) is 5.80. The van der Waals surface area contributed by atoms with Gasteiger partial charge >= 0.3 is 5.97 Å². The maximum atomic E-state index is 11.9. The van der Waals surface area contributed by atoms with Crippen molar-refractivity contribution in [1.29, 1.82) is 0 Å². The molecule has 0 aromatic rings. The molecule has 0 spiro atoms. The van der Waals surface area contributed by atoms with Crippen LogP contribution in [0.4, 0.5) is 0 Å². The molecule has 0 bridgehead atoms. The molecular formula is C12H21N3O3. The van der Waals surface area contributed by atoms with Gasteiger partial charge in [-0.15, -0.1) is 6.58 Å². The fourth-order valence-electron chi connectivity index (χ4n) is 1.96. The van der Waals surface area contributed by atoms with E-state index in [0.29, 0.717) is 39.1 Å². The normalized spacial score (nSPS) is 18.4. The van der Waals surface area contributed by atoms with E-state index in [4.69, 9.17) is 10.8 Å². The molecule has 1 unspecified atom stereocenters. The van der Waals surface area contributed by atoms with Crippen molar-refractivity contribution in [1.82, 2.24) is 9.80 Å². The fourth-order valence-corrected chi connectivity index (χ4v) is 1.96. The first-order valence-electron chi connectivity index (χ1n) is 6.14. The van der Waals surface area contributed by atoms with Crippen LogP contribution in [0.3, 0.4) is 0 Å². The number of aliphatic carboxylic acids is 1. The van der Waals surface area contributed by atoms with E-state index in [1.165, 1.54) is 0 Å². The molecule has 18 heavy (non-hydrogen) atoms. The van der Waals surface area contributed by atoms with Crippen molar-refractivity contribution < 1.29 is 14.7 Å². The molecule has 0 saturated carbocycles. The smallest absolute Gasteiger partial charge is 0.304 e. The summed E-state index contributed by atoms with van der Waals surface area (Å²) in [4.78, 5) is 26.2. The summed E-state index contributed by atoms with van der Waals surface area (Å²) in [5.41, 5.74) is 5.74.